The minimum absolute atomic E-state index is 0.00420. The van der Waals surface area contributed by atoms with Gasteiger partial charge < -0.3 is 14.2 Å². The van der Waals surface area contributed by atoms with Gasteiger partial charge in [-0.25, -0.2) is 0 Å². The first-order valence-electron chi connectivity index (χ1n) is 8.37. The molecule has 1 aliphatic heterocycles. The maximum Gasteiger partial charge on any atom is 0.293 e. The summed E-state index contributed by atoms with van der Waals surface area (Å²) in [6.45, 7) is -0.00420. The molecule has 6 nitrogen and oxygen atoms in total. The van der Waals surface area contributed by atoms with Crippen molar-refractivity contribution in [1.29, 1.82) is 0 Å². The number of hydrogen-bond acceptors (Lipinski definition) is 6. The van der Waals surface area contributed by atoms with Gasteiger partial charge in [0.1, 0.15) is 0 Å². The summed E-state index contributed by atoms with van der Waals surface area (Å²) in [4.78, 5) is 26.6. The third-order valence-electron chi connectivity index (χ3n) is 4.24. The summed E-state index contributed by atoms with van der Waals surface area (Å²) in [5.74, 6) is 0.902. The van der Waals surface area contributed by atoms with Crippen LogP contribution < -0.4 is 14.2 Å². The predicted octanol–water partition coefficient (Wildman–Crippen LogP) is 5.26. The lowest BCUT2D eigenvalue weighted by Crippen LogP contribution is -2.27. The van der Waals surface area contributed by atoms with Crippen molar-refractivity contribution in [3.63, 3.8) is 0 Å². The van der Waals surface area contributed by atoms with Crippen LogP contribution in [-0.4, -0.2) is 37.4 Å². The van der Waals surface area contributed by atoms with Gasteiger partial charge in [-0.2, -0.15) is 0 Å². The van der Waals surface area contributed by atoms with Gasteiger partial charge in [-0.15, -0.1) is 0 Å². The third kappa shape index (κ3) is 4.32. The first kappa shape index (κ1) is 21.4. The average molecular weight is 454 g/mol. The molecule has 2 aromatic carbocycles. The Labute approximate surface area is 182 Å². The largest absolute Gasteiger partial charge is 0.493 e. The fraction of sp³-hybridized carbons (Fsp3) is 0.200. The summed E-state index contributed by atoms with van der Waals surface area (Å²) in [7, 11) is 4.51. The van der Waals surface area contributed by atoms with Crippen molar-refractivity contribution < 1.29 is 23.8 Å². The van der Waals surface area contributed by atoms with E-state index in [0.29, 0.717) is 38.4 Å². The molecule has 0 saturated carbocycles. The van der Waals surface area contributed by atoms with Crippen LogP contribution in [0.2, 0.25) is 10.0 Å². The molecule has 0 bridgehead atoms. The molecule has 1 heterocycles. The molecule has 0 N–H and O–H groups in total. The molecule has 0 spiro atoms. The second-order valence-electron chi connectivity index (χ2n) is 5.93. The molecular weight excluding hydrogens is 437 g/mol. The molecule has 0 unspecified atom stereocenters. The van der Waals surface area contributed by atoms with Gasteiger partial charge in [-0.3, -0.25) is 14.5 Å². The smallest absolute Gasteiger partial charge is 0.293 e. The molecule has 9 heteroatoms. The van der Waals surface area contributed by atoms with Gasteiger partial charge in [0.15, 0.2) is 11.5 Å². The monoisotopic (exact) mass is 453 g/mol. The van der Waals surface area contributed by atoms with E-state index in [1.165, 1.54) is 21.3 Å². The average Bonchev–Trinajstić information content (AvgIpc) is 2.96. The van der Waals surface area contributed by atoms with Crippen LogP contribution in [0, 0.1) is 0 Å². The Balaban J connectivity index is 1.92. The normalized spacial score (nSPS) is 15.2. The second kappa shape index (κ2) is 8.98. The summed E-state index contributed by atoms with van der Waals surface area (Å²) in [5.41, 5.74) is 1.15. The van der Waals surface area contributed by atoms with E-state index in [4.69, 9.17) is 37.4 Å². The number of imide groups is 1. The second-order valence-corrected chi connectivity index (χ2v) is 7.73. The van der Waals surface area contributed by atoms with Crippen LogP contribution in [0.4, 0.5) is 4.79 Å². The topological polar surface area (TPSA) is 65.1 Å². The highest BCUT2D eigenvalue weighted by atomic mass is 35.5. The molecule has 0 atom stereocenters. The van der Waals surface area contributed by atoms with E-state index in [1.54, 1.807) is 36.4 Å². The summed E-state index contributed by atoms with van der Waals surface area (Å²) >= 11 is 13.2. The summed E-state index contributed by atoms with van der Waals surface area (Å²) < 4.78 is 15.9. The third-order valence-corrected chi connectivity index (χ3v) is 5.85. The van der Waals surface area contributed by atoms with Crippen LogP contribution in [-0.2, 0) is 11.3 Å². The predicted molar refractivity (Wildman–Crippen MR) is 114 cm³/mol. The van der Waals surface area contributed by atoms with E-state index < -0.39 is 11.1 Å². The highest BCUT2D eigenvalue weighted by Crippen LogP contribution is 2.40. The fourth-order valence-electron chi connectivity index (χ4n) is 2.81. The van der Waals surface area contributed by atoms with Crippen LogP contribution in [0.1, 0.15) is 11.1 Å². The van der Waals surface area contributed by atoms with E-state index in [-0.39, 0.29) is 11.4 Å². The zero-order valence-electron chi connectivity index (χ0n) is 15.8. The number of thioether (sulfide) groups is 1. The number of hydrogen-bond donors (Lipinski definition) is 0. The standard InChI is InChI=1S/C20H17Cl2NO5S/c1-26-15-7-11(8-16(27-2)18(15)28-3)9-17-19(24)23(20(25)29-17)10-12-13(21)5-4-6-14(12)22/h4-9H,10H2,1-3H3/b17-9+. The van der Waals surface area contributed by atoms with Crippen molar-refractivity contribution in [3.05, 3.63) is 56.4 Å². The molecular formula is C20H17Cl2NO5S. The Morgan fingerprint density at radius 2 is 1.59 bits per heavy atom. The molecule has 0 radical (unpaired) electrons. The Hall–Kier alpha value is -2.35. The van der Waals surface area contributed by atoms with Gasteiger partial charge in [-0.1, -0.05) is 29.3 Å². The molecule has 2 amide bonds. The minimum atomic E-state index is -0.426. The summed E-state index contributed by atoms with van der Waals surface area (Å²) in [6, 6.07) is 8.41. The number of rotatable bonds is 6. The zero-order chi connectivity index (χ0) is 21.1. The van der Waals surface area contributed by atoms with Crippen LogP contribution in [0.3, 0.4) is 0 Å². The molecule has 0 aliphatic carbocycles. The number of nitrogens with zero attached hydrogens (tertiary/aromatic N) is 1. The highest BCUT2D eigenvalue weighted by molar-refractivity contribution is 8.18. The number of amides is 2. The molecule has 0 aromatic heterocycles. The maximum atomic E-state index is 12.8. The molecule has 152 valence electrons. The minimum Gasteiger partial charge on any atom is -0.493 e. The Morgan fingerprint density at radius 1 is 1.00 bits per heavy atom. The van der Waals surface area contributed by atoms with E-state index in [1.807, 2.05) is 0 Å². The van der Waals surface area contributed by atoms with Crippen molar-refractivity contribution >= 4 is 52.2 Å². The zero-order valence-corrected chi connectivity index (χ0v) is 18.2. The van der Waals surface area contributed by atoms with Crippen molar-refractivity contribution in [1.82, 2.24) is 4.90 Å². The number of ether oxygens (including phenoxy) is 3. The summed E-state index contributed by atoms with van der Waals surface area (Å²) in [5, 5.41) is 0.389. The molecule has 29 heavy (non-hydrogen) atoms. The van der Waals surface area contributed by atoms with Crippen LogP contribution in [0.15, 0.2) is 35.2 Å². The van der Waals surface area contributed by atoms with Crippen molar-refractivity contribution in [2.24, 2.45) is 0 Å². The first-order chi connectivity index (χ1) is 13.9. The molecule has 1 saturated heterocycles. The van der Waals surface area contributed by atoms with Crippen molar-refractivity contribution in [2.75, 3.05) is 21.3 Å². The van der Waals surface area contributed by atoms with Crippen LogP contribution in [0.5, 0.6) is 17.2 Å². The SMILES string of the molecule is COc1cc(/C=C2/SC(=O)N(Cc3c(Cl)cccc3Cl)C2=O)cc(OC)c1OC. The van der Waals surface area contributed by atoms with Gasteiger partial charge >= 0.3 is 0 Å². The van der Waals surface area contributed by atoms with Gasteiger partial charge in [0.25, 0.3) is 11.1 Å². The van der Waals surface area contributed by atoms with Crippen LogP contribution >= 0.6 is 35.0 Å². The Morgan fingerprint density at radius 3 is 2.10 bits per heavy atom. The molecule has 2 aromatic rings. The number of halogens is 2. The van der Waals surface area contributed by atoms with Gasteiger partial charge in [0.05, 0.1) is 32.8 Å². The van der Waals surface area contributed by atoms with E-state index in [0.717, 1.165) is 16.7 Å². The van der Waals surface area contributed by atoms with Gasteiger partial charge in [-0.05, 0) is 47.7 Å². The maximum absolute atomic E-state index is 12.8. The van der Waals surface area contributed by atoms with Gasteiger partial charge in [0, 0.05) is 15.6 Å². The number of carbonyl (C=O) groups excluding carboxylic acids is 2. The Bertz CT molecular complexity index is 963. The first-order valence-corrected chi connectivity index (χ1v) is 9.95. The Kier molecular flexibility index (Phi) is 6.62. The van der Waals surface area contributed by atoms with Gasteiger partial charge in [0.2, 0.25) is 5.75 Å². The fourth-order valence-corrected chi connectivity index (χ4v) is 4.17. The number of carbonyl (C=O) groups is 2. The van der Waals surface area contributed by atoms with Crippen molar-refractivity contribution in [2.45, 2.75) is 6.54 Å². The van der Waals surface area contributed by atoms with E-state index in [2.05, 4.69) is 0 Å². The van der Waals surface area contributed by atoms with E-state index >= 15 is 0 Å². The number of benzene rings is 2. The lowest BCUT2D eigenvalue weighted by molar-refractivity contribution is -0.123. The number of methoxy groups -OCH3 is 3. The lowest BCUT2D eigenvalue weighted by atomic mass is 10.1. The van der Waals surface area contributed by atoms with E-state index in [9.17, 15) is 9.59 Å². The summed E-state index contributed by atoms with van der Waals surface area (Å²) in [6.07, 6.45) is 1.60. The molecule has 3 rings (SSSR count). The quantitative estimate of drug-likeness (QED) is 0.556. The molecule has 1 aliphatic rings. The van der Waals surface area contributed by atoms with Crippen LogP contribution in [0.25, 0.3) is 6.08 Å². The molecule has 1 fully saturated rings. The highest BCUT2D eigenvalue weighted by Gasteiger charge is 2.35. The van der Waals surface area contributed by atoms with Crippen molar-refractivity contribution in [3.8, 4) is 17.2 Å². The lowest BCUT2D eigenvalue weighted by Gasteiger charge is -2.15.